The third-order valence-corrected chi connectivity index (χ3v) is 14.2. The van der Waals surface area contributed by atoms with Crippen LogP contribution in [0.5, 0.6) is 11.5 Å². The van der Waals surface area contributed by atoms with Crippen LogP contribution in [0.25, 0.3) is 55.9 Å². The molecule has 7 nitrogen and oxygen atoms in total. The van der Waals surface area contributed by atoms with Crippen LogP contribution in [-0.4, -0.2) is 30.8 Å². The fourth-order valence-electron chi connectivity index (χ4n) is 9.45. The molecule has 9 aromatic rings. The van der Waals surface area contributed by atoms with E-state index in [1.807, 2.05) is 60.9 Å². The van der Waals surface area contributed by atoms with Crippen molar-refractivity contribution in [2.75, 3.05) is 4.81 Å². The van der Waals surface area contributed by atoms with E-state index in [-0.39, 0.29) is 53.0 Å². The standard InChI is InChI=1S/C60H61BN6O.Pt/c1-12-61-66(56-31-40(2)27-29-62-56)55-38-48(25-26-49(55)52-28-30-63-67(52)61)68-47-22-18-21-46(37-47)64-39-65(54-24-17-16-23-53(54)64)57-50(41-19-14-13-15-20-41)35-45(60(9,10)11)36-51(57)42-32-43(58(3,4)5)34-44(33-42)59(6,7)8;/h13-38H,12H2,1-11H3;/i13D,14D,15D,19D,20D;. The number of aryl methyl sites for hydroxylation is 1. The Morgan fingerprint density at radius 3 is 1.91 bits per heavy atom. The molecule has 69 heavy (non-hydrogen) atoms. The van der Waals surface area contributed by atoms with E-state index < -0.39 is 6.04 Å². The van der Waals surface area contributed by atoms with Gasteiger partial charge in [-0.1, -0.05) is 6.92 Å². The molecule has 0 N–H and O–H groups in total. The maximum atomic E-state index is 9.48. The van der Waals surface area contributed by atoms with Crippen molar-refractivity contribution in [3.05, 3.63) is 184 Å². The molecule has 1 aliphatic heterocycles. The zero-order valence-corrected chi connectivity index (χ0v) is 43.6. The average molecular weight is 1090 g/mol. The number of hydrogen-bond acceptors (Lipinski definition) is 4. The minimum atomic E-state index is -0.431. The Kier molecular flexibility index (Phi) is 10.2. The average Bonchev–Trinajstić information content (AvgIpc) is 3.97. The molecular formula is C60H61BN6OPt. The van der Waals surface area contributed by atoms with Crippen LogP contribution in [0.15, 0.2) is 158 Å². The van der Waals surface area contributed by atoms with Crippen LogP contribution in [0.1, 0.15) is 98.3 Å². The van der Waals surface area contributed by atoms with Gasteiger partial charge in [-0.2, -0.15) is 5.10 Å². The first-order valence-corrected chi connectivity index (χ1v) is 24.9. The van der Waals surface area contributed by atoms with Gasteiger partial charge < -0.3 is 0 Å². The van der Waals surface area contributed by atoms with Crippen molar-refractivity contribution < 1.29 is 30.9 Å². The molecule has 0 saturated heterocycles. The van der Waals surface area contributed by atoms with E-state index in [0.29, 0.717) is 22.7 Å². The molecule has 0 fully saturated rings. The Bertz CT molecular complexity index is 3720. The molecule has 0 aliphatic carbocycles. The van der Waals surface area contributed by atoms with Crippen LogP contribution >= 0.6 is 0 Å². The number of para-hydroxylation sites is 2. The first-order valence-electron chi connectivity index (χ1n) is 26.2. The van der Waals surface area contributed by atoms with Crippen molar-refractivity contribution in [2.24, 2.45) is 0 Å². The predicted octanol–water partition coefficient (Wildman–Crippen LogP) is 15.6. The van der Waals surface area contributed by atoms with Crippen molar-refractivity contribution >= 4 is 29.5 Å². The summed E-state index contributed by atoms with van der Waals surface area (Å²) >= 11 is 2.39. The van der Waals surface area contributed by atoms with Crippen molar-refractivity contribution in [3.63, 3.8) is 0 Å². The summed E-state index contributed by atoms with van der Waals surface area (Å²) in [7, 11) is 0. The van der Waals surface area contributed by atoms with Gasteiger partial charge in [0, 0.05) is 12.4 Å². The van der Waals surface area contributed by atoms with Gasteiger partial charge in [0.2, 0.25) is 0 Å². The van der Waals surface area contributed by atoms with E-state index in [2.05, 4.69) is 181 Å². The van der Waals surface area contributed by atoms with E-state index in [1.54, 1.807) is 0 Å². The van der Waals surface area contributed by atoms with Gasteiger partial charge in [0.1, 0.15) is 0 Å². The molecule has 0 spiro atoms. The van der Waals surface area contributed by atoms with E-state index >= 15 is 0 Å². The predicted molar refractivity (Wildman–Crippen MR) is 283 cm³/mol. The molecular weight excluding hydrogens is 1030 g/mol. The van der Waals surface area contributed by atoms with Crippen molar-refractivity contribution in [2.45, 2.75) is 98.7 Å². The molecule has 0 unspecified atom stereocenters. The number of benzene rings is 6. The number of aromatic nitrogens is 5. The molecule has 0 bridgehead atoms. The second-order valence-corrected chi connectivity index (χ2v) is 22.3. The van der Waals surface area contributed by atoms with Crippen LogP contribution in [0.3, 0.4) is 0 Å². The van der Waals surface area contributed by atoms with Gasteiger partial charge >= 0.3 is 385 Å². The van der Waals surface area contributed by atoms with E-state index in [1.165, 1.54) is 11.1 Å². The fraction of sp³-hybridized carbons (Fsp3) is 0.250. The van der Waals surface area contributed by atoms with Crippen LogP contribution in [-0.2, 0) is 35.6 Å². The van der Waals surface area contributed by atoms with Crippen LogP contribution in [0.4, 0.5) is 11.5 Å². The molecule has 0 amide bonds. The number of imidazole rings is 1. The Hall–Kier alpha value is -6.50. The third-order valence-electron chi connectivity index (χ3n) is 13.2. The van der Waals surface area contributed by atoms with Gasteiger partial charge in [-0.05, 0) is 18.6 Å². The summed E-state index contributed by atoms with van der Waals surface area (Å²) in [6.45, 7) is 24.0. The van der Waals surface area contributed by atoms with Crippen molar-refractivity contribution in [3.8, 4) is 56.4 Å². The molecule has 10 rings (SSSR count). The number of ether oxygens (including phenoxy) is 1. The quantitative estimate of drug-likeness (QED) is 0.142. The monoisotopic (exact) mass is 1090 g/mol. The van der Waals surface area contributed by atoms with Gasteiger partial charge in [-0.15, -0.1) is 0 Å². The Morgan fingerprint density at radius 2 is 1.26 bits per heavy atom. The molecule has 4 heterocycles. The van der Waals surface area contributed by atoms with E-state index in [9.17, 15) is 2.74 Å². The molecule has 1 aliphatic rings. The molecule has 350 valence electrons. The number of rotatable bonds is 8. The van der Waals surface area contributed by atoms with E-state index in [0.717, 1.165) is 71.9 Å². The SMILES string of the molecule is [2H]c1c([2H])c([2H])c(-c2cc(C(C)(C)C)cc(-c3cc(C(C)(C)C)cc(C(C)(C)C)c3)c2-n2[c](=[Pt])n(-c3cccc(Oc4ccc5c(c4)N(c4cc(C)ccn4)B(CC)n4nccc4-5)c3)c3ccccc32)c([2H])c1[2H]. The number of fused-ring (bicyclic) bond motifs is 4. The Balaban J connectivity index is 1.21. The molecule has 0 radical (unpaired) electrons. The fourth-order valence-corrected chi connectivity index (χ4v) is 10.5. The van der Waals surface area contributed by atoms with Gasteiger partial charge in [0.05, 0.1) is 0 Å². The first-order chi connectivity index (χ1) is 35.0. The number of anilines is 2. The second kappa shape index (κ2) is 17.5. The van der Waals surface area contributed by atoms with Gasteiger partial charge in [-0.3, -0.25) is 0 Å². The summed E-state index contributed by atoms with van der Waals surface area (Å²) in [5.41, 5.74) is 12.6. The van der Waals surface area contributed by atoms with Gasteiger partial charge in [0.15, 0.2) is 0 Å². The first kappa shape index (κ1) is 40.4. The molecule has 0 saturated carbocycles. The topological polar surface area (TPSA) is 53.0 Å². The number of pyridine rings is 1. The van der Waals surface area contributed by atoms with E-state index in [4.69, 9.17) is 18.9 Å². The zero-order valence-electron chi connectivity index (χ0n) is 46.3. The molecule has 0 atom stereocenters. The summed E-state index contributed by atoms with van der Waals surface area (Å²) in [6, 6.07) is 38.1. The number of hydrogen-bond donors (Lipinski definition) is 0. The minimum absolute atomic E-state index is 0.0922. The Morgan fingerprint density at radius 1 is 0.623 bits per heavy atom. The number of nitrogens with zero attached hydrogens (tertiary/aromatic N) is 6. The second-order valence-electron chi connectivity index (χ2n) is 21.3. The van der Waals surface area contributed by atoms with Crippen LogP contribution in [0.2, 0.25) is 6.32 Å². The van der Waals surface area contributed by atoms with Crippen molar-refractivity contribution in [1.82, 2.24) is 23.8 Å². The third kappa shape index (κ3) is 8.56. The molecule has 6 aromatic carbocycles. The zero-order chi connectivity index (χ0) is 52.9. The van der Waals surface area contributed by atoms with Gasteiger partial charge in [0.25, 0.3) is 0 Å². The molecule has 3 aromatic heterocycles. The molecule has 9 heteroatoms. The summed E-state index contributed by atoms with van der Waals surface area (Å²) in [6.07, 6.45) is 4.50. The van der Waals surface area contributed by atoms with Gasteiger partial charge in [-0.25, -0.2) is 0 Å². The van der Waals surface area contributed by atoms with Crippen LogP contribution < -0.4 is 9.55 Å². The van der Waals surface area contributed by atoms with Crippen LogP contribution in [0, 0.1) is 10.7 Å². The summed E-state index contributed by atoms with van der Waals surface area (Å²) in [5.74, 6) is 2.14. The Labute approximate surface area is 426 Å². The summed E-state index contributed by atoms with van der Waals surface area (Å²) in [5, 5.41) is 4.75. The maximum absolute atomic E-state index is 9.48. The summed E-state index contributed by atoms with van der Waals surface area (Å²) in [4.78, 5) is 7.09. The normalized spacial score (nSPS) is 14.0. The summed E-state index contributed by atoms with van der Waals surface area (Å²) < 4.78 is 59.6. The van der Waals surface area contributed by atoms with Crippen molar-refractivity contribution in [1.29, 1.82) is 0 Å².